The molecule has 1 N–H and O–H groups in total. The number of aliphatic imine (C=N–C) groups is 1. The lowest BCUT2D eigenvalue weighted by atomic mass is 10.1. The lowest BCUT2D eigenvalue weighted by Crippen LogP contribution is -2.25. The van der Waals surface area contributed by atoms with E-state index >= 15 is 0 Å². The van der Waals surface area contributed by atoms with Crippen LogP contribution in [0.15, 0.2) is 40.4 Å². The van der Waals surface area contributed by atoms with Crippen molar-refractivity contribution in [3.63, 3.8) is 0 Å². The van der Waals surface area contributed by atoms with Gasteiger partial charge in [0, 0.05) is 28.7 Å². The molecule has 1 aromatic heterocycles. The number of hydrogen-bond donors (Lipinski definition) is 1. The van der Waals surface area contributed by atoms with Gasteiger partial charge in [0.15, 0.2) is 15.0 Å². The molecule has 1 fully saturated rings. The molecule has 0 aliphatic carbocycles. The Morgan fingerprint density at radius 3 is 2.76 bits per heavy atom. The average Bonchev–Trinajstić information content (AvgIpc) is 3.20. The summed E-state index contributed by atoms with van der Waals surface area (Å²) in [5, 5.41) is 5.26. The molecule has 4 rings (SSSR count). The Morgan fingerprint density at radius 2 is 2.10 bits per heavy atom. The highest BCUT2D eigenvalue weighted by molar-refractivity contribution is 8.14. The van der Waals surface area contributed by atoms with Gasteiger partial charge in [-0.1, -0.05) is 23.9 Å². The standard InChI is InChI=1S/C20H24N4O3S2/c1-13-10-16(14(2)24(13)15-8-9-29(25,26)12-15)18-11-28-20(23-22-18)21-17-6-4-5-7-19(17)27-3/h4-7,10,15H,8-9,11-12H2,1-3H3,(H,21,23). The van der Waals surface area contributed by atoms with E-state index in [0.29, 0.717) is 23.1 Å². The van der Waals surface area contributed by atoms with E-state index in [2.05, 4.69) is 26.2 Å². The molecule has 1 saturated heterocycles. The number of rotatable bonds is 4. The summed E-state index contributed by atoms with van der Waals surface area (Å²) in [6.07, 6.45) is 0.674. The van der Waals surface area contributed by atoms with Gasteiger partial charge < -0.3 is 9.30 Å². The maximum Gasteiger partial charge on any atom is 0.182 e. The van der Waals surface area contributed by atoms with Crippen LogP contribution in [0, 0.1) is 13.8 Å². The van der Waals surface area contributed by atoms with Crippen molar-refractivity contribution < 1.29 is 13.2 Å². The third-order valence-corrected chi connectivity index (χ3v) is 7.93. The SMILES string of the molecule is COc1ccccc1N=C1NN=C(c2cc(C)n(C3CCS(=O)(=O)C3)c2C)CS1. The highest BCUT2D eigenvalue weighted by atomic mass is 32.2. The van der Waals surface area contributed by atoms with Crippen LogP contribution in [-0.4, -0.2) is 48.2 Å². The quantitative estimate of drug-likeness (QED) is 0.802. The van der Waals surface area contributed by atoms with Gasteiger partial charge in [-0.3, -0.25) is 5.43 Å². The summed E-state index contributed by atoms with van der Waals surface area (Å²) in [5.41, 5.74) is 7.93. The molecule has 0 radical (unpaired) electrons. The summed E-state index contributed by atoms with van der Waals surface area (Å²) in [6, 6.07) is 9.72. The molecule has 2 aliphatic heterocycles. The molecule has 1 atom stereocenters. The second-order valence-corrected chi connectivity index (χ2v) is 10.5. The smallest absolute Gasteiger partial charge is 0.182 e. The number of hydrogen-bond acceptors (Lipinski definition) is 6. The van der Waals surface area contributed by atoms with Crippen molar-refractivity contribution >= 4 is 38.2 Å². The van der Waals surface area contributed by atoms with Gasteiger partial charge >= 0.3 is 0 Å². The number of methoxy groups -OCH3 is 1. The first-order chi connectivity index (χ1) is 13.9. The number of aryl methyl sites for hydroxylation is 1. The third-order valence-electron chi connectivity index (χ3n) is 5.31. The van der Waals surface area contributed by atoms with E-state index < -0.39 is 9.84 Å². The molecule has 2 aromatic rings. The molecule has 3 heterocycles. The van der Waals surface area contributed by atoms with Gasteiger partial charge in [0.25, 0.3) is 0 Å². The number of amidine groups is 1. The molecular weight excluding hydrogens is 408 g/mol. The molecule has 7 nitrogen and oxygen atoms in total. The van der Waals surface area contributed by atoms with Gasteiger partial charge in [-0.15, -0.1) is 0 Å². The van der Waals surface area contributed by atoms with Crippen molar-refractivity contribution in [2.75, 3.05) is 24.4 Å². The zero-order valence-electron chi connectivity index (χ0n) is 16.7. The number of nitrogens with one attached hydrogen (secondary N) is 1. The Bertz CT molecular complexity index is 1100. The molecule has 1 unspecified atom stereocenters. The Kier molecular flexibility index (Phi) is 5.44. The number of nitrogens with zero attached hydrogens (tertiary/aromatic N) is 3. The normalized spacial score (nSPS) is 22.4. The molecule has 0 spiro atoms. The van der Waals surface area contributed by atoms with Crippen LogP contribution in [0.25, 0.3) is 0 Å². The Balaban J connectivity index is 1.57. The van der Waals surface area contributed by atoms with Crippen molar-refractivity contribution in [2.24, 2.45) is 10.1 Å². The molecule has 9 heteroatoms. The van der Waals surface area contributed by atoms with E-state index in [1.165, 1.54) is 0 Å². The zero-order chi connectivity index (χ0) is 20.6. The van der Waals surface area contributed by atoms with Crippen molar-refractivity contribution in [1.82, 2.24) is 9.99 Å². The predicted molar refractivity (Wildman–Crippen MR) is 118 cm³/mol. The number of sulfone groups is 1. The van der Waals surface area contributed by atoms with Crippen molar-refractivity contribution in [2.45, 2.75) is 26.3 Å². The summed E-state index contributed by atoms with van der Waals surface area (Å²) in [6.45, 7) is 4.07. The van der Waals surface area contributed by atoms with Gasteiger partial charge in [0.2, 0.25) is 0 Å². The summed E-state index contributed by atoms with van der Waals surface area (Å²) in [7, 11) is -1.30. The fourth-order valence-electron chi connectivity index (χ4n) is 3.95. The minimum Gasteiger partial charge on any atom is -0.494 e. The van der Waals surface area contributed by atoms with Gasteiger partial charge in [0.1, 0.15) is 11.4 Å². The topological polar surface area (TPSA) is 85.0 Å². The van der Waals surface area contributed by atoms with Crippen LogP contribution >= 0.6 is 11.8 Å². The highest BCUT2D eigenvalue weighted by Crippen LogP contribution is 2.31. The van der Waals surface area contributed by atoms with E-state index in [1.54, 1.807) is 18.9 Å². The molecule has 1 aromatic carbocycles. The summed E-state index contributed by atoms with van der Waals surface area (Å²) in [5.74, 6) is 1.89. The molecule has 0 saturated carbocycles. The lowest BCUT2D eigenvalue weighted by molar-refractivity contribution is 0.416. The van der Waals surface area contributed by atoms with Gasteiger partial charge in [0.05, 0.1) is 24.3 Å². The van der Waals surface area contributed by atoms with E-state index in [4.69, 9.17) is 4.74 Å². The minimum atomic E-state index is -2.93. The maximum atomic E-state index is 11.9. The Labute approximate surface area is 175 Å². The number of benzene rings is 1. The first-order valence-electron chi connectivity index (χ1n) is 9.44. The van der Waals surface area contributed by atoms with Crippen LogP contribution in [0.5, 0.6) is 5.75 Å². The molecular formula is C20H24N4O3S2. The van der Waals surface area contributed by atoms with Crippen LogP contribution in [0.4, 0.5) is 5.69 Å². The molecule has 0 amide bonds. The fourth-order valence-corrected chi connectivity index (χ4v) is 6.42. The van der Waals surface area contributed by atoms with E-state index in [9.17, 15) is 8.42 Å². The molecule has 2 aliphatic rings. The minimum absolute atomic E-state index is 0.0150. The van der Waals surface area contributed by atoms with Gasteiger partial charge in [-0.25, -0.2) is 13.4 Å². The Hall–Kier alpha value is -2.26. The second kappa shape index (κ2) is 7.87. The van der Waals surface area contributed by atoms with Crippen molar-refractivity contribution in [1.29, 1.82) is 0 Å². The van der Waals surface area contributed by atoms with Crippen LogP contribution in [0.2, 0.25) is 0 Å². The number of ether oxygens (including phenoxy) is 1. The van der Waals surface area contributed by atoms with Crippen LogP contribution in [0.3, 0.4) is 0 Å². The lowest BCUT2D eigenvalue weighted by Gasteiger charge is -2.18. The number of para-hydroxylation sites is 2. The van der Waals surface area contributed by atoms with E-state index in [0.717, 1.165) is 28.4 Å². The van der Waals surface area contributed by atoms with E-state index in [1.807, 2.05) is 38.1 Å². The first-order valence-corrected chi connectivity index (χ1v) is 12.2. The second-order valence-electron chi connectivity index (χ2n) is 7.26. The van der Waals surface area contributed by atoms with E-state index in [-0.39, 0.29) is 17.5 Å². The van der Waals surface area contributed by atoms with Gasteiger partial charge in [-0.05, 0) is 38.5 Å². The maximum absolute atomic E-state index is 11.9. The third kappa shape index (κ3) is 4.06. The Morgan fingerprint density at radius 1 is 1.31 bits per heavy atom. The summed E-state index contributed by atoms with van der Waals surface area (Å²) >= 11 is 1.58. The predicted octanol–water partition coefficient (Wildman–Crippen LogP) is 3.20. The number of aromatic nitrogens is 1. The van der Waals surface area contributed by atoms with Crippen LogP contribution in [0.1, 0.15) is 29.4 Å². The first kappa shape index (κ1) is 20.0. The van der Waals surface area contributed by atoms with Crippen LogP contribution < -0.4 is 10.2 Å². The average molecular weight is 433 g/mol. The molecule has 0 bridgehead atoms. The monoisotopic (exact) mass is 432 g/mol. The highest BCUT2D eigenvalue weighted by Gasteiger charge is 2.31. The zero-order valence-corrected chi connectivity index (χ0v) is 18.3. The van der Waals surface area contributed by atoms with Gasteiger partial charge in [-0.2, -0.15) is 5.10 Å². The fraction of sp³-hybridized carbons (Fsp3) is 0.400. The van der Waals surface area contributed by atoms with Crippen LogP contribution in [-0.2, 0) is 9.84 Å². The van der Waals surface area contributed by atoms with Crippen molar-refractivity contribution in [3.05, 3.63) is 47.3 Å². The summed E-state index contributed by atoms with van der Waals surface area (Å²) in [4.78, 5) is 4.61. The van der Waals surface area contributed by atoms with Crippen molar-refractivity contribution in [3.8, 4) is 5.75 Å². The molecule has 29 heavy (non-hydrogen) atoms. The number of thioether (sulfide) groups is 1. The molecule has 154 valence electrons. The summed E-state index contributed by atoms with van der Waals surface area (Å²) < 4.78 is 31.3. The largest absolute Gasteiger partial charge is 0.494 e. The number of hydrazone groups is 1.